The zero-order valence-electron chi connectivity index (χ0n) is 24.9. The summed E-state index contributed by atoms with van der Waals surface area (Å²) in [4.78, 5) is 28.7. The van der Waals surface area contributed by atoms with Gasteiger partial charge in [0.2, 0.25) is 13.1 Å². The molecule has 0 spiro atoms. The van der Waals surface area contributed by atoms with E-state index in [1.807, 2.05) is 0 Å². The molecule has 0 saturated carbocycles. The minimum absolute atomic E-state index is 0.0928. The van der Waals surface area contributed by atoms with Crippen molar-refractivity contribution >= 4 is 17.9 Å². The van der Waals surface area contributed by atoms with Gasteiger partial charge in [0.25, 0.3) is 6.33 Å². The lowest BCUT2D eigenvalue weighted by molar-refractivity contribution is -0.728. The van der Waals surface area contributed by atoms with Crippen LogP contribution in [0.5, 0.6) is 0 Å². The summed E-state index contributed by atoms with van der Waals surface area (Å²) in [6.07, 6.45) is 4.93. The average Bonchev–Trinajstić information content (AvgIpc) is 3.87. The Kier molecular flexibility index (Phi) is 8.85. The zero-order valence-corrected chi connectivity index (χ0v) is 24.9. The molecule has 2 amide bonds. The predicted molar refractivity (Wildman–Crippen MR) is 152 cm³/mol. The van der Waals surface area contributed by atoms with Gasteiger partial charge in [0.15, 0.2) is 0 Å². The van der Waals surface area contributed by atoms with Crippen LogP contribution in [0.15, 0.2) is 61.4 Å². The van der Waals surface area contributed by atoms with Gasteiger partial charge >= 0.3 is 12.2 Å². The topological polar surface area (TPSA) is 154 Å². The van der Waals surface area contributed by atoms with E-state index in [4.69, 9.17) is 14.2 Å². The number of ether oxygens (including phenoxy) is 3. The van der Waals surface area contributed by atoms with Crippen LogP contribution in [-0.2, 0) is 33.1 Å². The highest BCUT2D eigenvalue weighted by Crippen LogP contribution is 2.35. The third-order valence-corrected chi connectivity index (χ3v) is 8.15. The van der Waals surface area contributed by atoms with Gasteiger partial charge in [-0.1, -0.05) is 6.07 Å². The van der Waals surface area contributed by atoms with Gasteiger partial charge in [-0.15, -0.1) is 9.78 Å². The SMILES string of the molecule is C[C@@H](N1CCN(c2ccc(-n3cnnn3)cc2)C1=O)[C@](O)(Cn1c[n+](COC(=O)OCC2CCCO2)cn1)c1ccc(F)cc1F. The first-order chi connectivity index (χ1) is 22.2. The fraction of sp³-hybridized carbons (Fsp3) is 0.414. The van der Waals surface area contributed by atoms with Gasteiger partial charge in [0.05, 0.1) is 17.8 Å². The number of tetrazole rings is 1. The largest absolute Gasteiger partial charge is 0.511 e. The molecule has 17 heteroatoms. The van der Waals surface area contributed by atoms with Crippen molar-refractivity contribution in [2.45, 2.75) is 50.8 Å². The number of nitrogens with zero attached hydrogens (tertiary/aromatic N) is 9. The quantitative estimate of drug-likeness (QED) is 0.190. The Balaban J connectivity index is 1.17. The van der Waals surface area contributed by atoms with Crippen LogP contribution in [0.25, 0.3) is 5.69 Å². The van der Waals surface area contributed by atoms with Gasteiger partial charge in [-0.3, -0.25) is 4.90 Å². The van der Waals surface area contributed by atoms with E-state index in [2.05, 4.69) is 20.6 Å². The lowest BCUT2D eigenvalue weighted by Crippen LogP contribution is -2.53. The summed E-state index contributed by atoms with van der Waals surface area (Å²) in [6, 6.07) is 8.49. The molecule has 0 bridgehead atoms. The molecule has 4 heterocycles. The number of hydrogen-bond acceptors (Lipinski definition) is 10. The first-order valence-corrected chi connectivity index (χ1v) is 14.6. The highest BCUT2D eigenvalue weighted by Gasteiger charge is 2.47. The molecule has 242 valence electrons. The molecule has 2 aliphatic rings. The van der Waals surface area contributed by atoms with E-state index >= 15 is 4.39 Å². The van der Waals surface area contributed by atoms with Gasteiger partial charge in [0, 0.05) is 42.1 Å². The molecule has 4 aromatic rings. The van der Waals surface area contributed by atoms with Crippen LogP contribution in [0.3, 0.4) is 0 Å². The number of aromatic nitrogens is 7. The lowest BCUT2D eigenvalue weighted by Gasteiger charge is -2.38. The number of urea groups is 1. The minimum atomic E-state index is -2.06. The van der Waals surface area contributed by atoms with Crippen LogP contribution < -0.4 is 9.47 Å². The van der Waals surface area contributed by atoms with Crippen molar-refractivity contribution in [1.82, 2.24) is 34.9 Å². The smallest absolute Gasteiger partial charge is 0.431 e. The molecule has 0 aliphatic carbocycles. The van der Waals surface area contributed by atoms with Crippen molar-refractivity contribution in [2.75, 3.05) is 31.2 Å². The Morgan fingerprint density at radius 3 is 2.70 bits per heavy atom. The average molecular weight is 641 g/mol. The number of anilines is 1. The van der Waals surface area contributed by atoms with Crippen LogP contribution in [0.1, 0.15) is 25.3 Å². The summed E-state index contributed by atoms with van der Waals surface area (Å²) >= 11 is 0. The normalized spacial score (nSPS) is 18.5. The van der Waals surface area contributed by atoms with E-state index in [-0.39, 0.29) is 38.1 Å². The van der Waals surface area contributed by atoms with E-state index in [1.165, 1.54) is 37.8 Å². The number of aliphatic hydroxyl groups is 1. The van der Waals surface area contributed by atoms with E-state index in [0.29, 0.717) is 30.6 Å². The molecule has 2 fully saturated rings. The first-order valence-electron chi connectivity index (χ1n) is 14.6. The molecule has 1 unspecified atom stereocenters. The van der Waals surface area contributed by atoms with E-state index in [1.54, 1.807) is 36.1 Å². The number of halogens is 2. The molecule has 3 atom stereocenters. The lowest BCUT2D eigenvalue weighted by atomic mass is 9.85. The van der Waals surface area contributed by atoms with Crippen LogP contribution in [0.4, 0.5) is 24.1 Å². The molecule has 2 aromatic carbocycles. The molecular weight excluding hydrogens is 608 g/mol. The molecule has 2 aromatic heterocycles. The second kappa shape index (κ2) is 13.1. The summed E-state index contributed by atoms with van der Waals surface area (Å²) < 4.78 is 49.0. The highest BCUT2D eigenvalue weighted by molar-refractivity contribution is 5.94. The maximum atomic E-state index is 15.2. The van der Waals surface area contributed by atoms with Crippen molar-refractivity contribution in [3.63, 3.8) is 0 Å². The van der Waals surface area contributed by atoms with Crippen molar-refractivity contribution in [2.24, 2.45) is 0 Å². The zero-order chi connectivity index (χ0) is 32.3. The fourth-order valence-electron chi connectivity index (χ4n) is 5.62. The first kappa shape index (κ1) is 31.0. The van der Waals surface area contributed by atoms with Gasteiger partial charge in [-0.25, -0.2) is 27.6 Å². The Hall–Kier alpha value is -5.03. The fourth-order valence-corrected chi connectivity index (χ4v) is 5.62. The predicted octanol–water partition coefficient (Wildman–Crippen LogP) is 1.93. The van der Waals surface area contributed by atoms with E-state index < -0.39 is 35.5 Å². The summed E-state index contributed by atoms with van der Waals surface area (Å²) in [6.45, 7) is 2.28. The van der Waals surface area contributed by atoms with E-state index in [0.717, 1.165) is 25.0 Å². The number of benzene rings is 2. The second-order valence-electron chi connectivity index (χ2n) is 11.1. The number of hydrogen-bond donors (Lipinski definition) is 1. The standard InChI is InChI=1S/C29H32F2N9O6/c1-20(38-10-11-39(27(38)41)22-5-7-23(8-6-22)40-16-32-34-35-40)29(43,25-9-4-21(30)13-26(25)31)15-37-18-36(17-33-37)19-46-28(42)45-14-24-3-2-12-44-24/h4-9,13,16-18,20,24,43H,2-3,10-12,14-15,19H2,1H3/q+1/t20-,24?,29-/m1/s1. The third kappa shape index (κ3) is 6.50. The minimum Gasteiger partial charge on any atom is -0.431 e. The van der Waals surface area contributed by atoms with E-state index in [9.17, 15) is 19.1 Å². The number of rotatable bonds is 11. The Morgan fingerprint density at radius 1 is 1.17 bits per heavy atom. The van der Waals surface area contributed by atoms with Gasteiger partial charge in [-0.2, -0.15) is 0 Å². The third-order valence-electron chi connectivity index (χ3n) is 8.15. The summed E-state index contributed by atoms with van der Waals surface area (Å²) in [5.41, 5.74) is -0.965. The van der Waals surface area contributed by atoms with Gasteiger partial charge < -0.3 is 24.2 Å². The van der Waals surface area contributed by atoms with Crippen molar-refractivity contribution < 1.29 is 42.3 Å². The molecule has 2 saturated heterocycles. The van der Waals surface area contributed by atoms with Gasteiger partial charge in [-0.05, 0) is 60.5 Å². The molecule has 15 nitrogen and oxygen atoms in total. The van der Waals surface area contributed by atoms with Gasteiger partial charge in [0.1, 0.15) is 36.7 Å². The molecule has 6 rings (SSSR count). The maximum Gasteiger partial charge on any atom is 0.511 e. The number of amides is 2. The van der Waals surface area contributed by atoms with Crippen LogP contribution in [0, 0.1) is 11.6 Å². The Labute approximate surface area is 261 Å². The second-order valence-corrected chi connectivity index (χ2v) is 11.1. The van der Waals surface area contributed by atoms with Crippen molar-refractivity contribution in [3.05, 3.63) is 78.6 Å². The maximum absolute atomic E-state index is 15.2. The molecule has 2 aliphatic heterocycles. The summed E-state index contributed by atoms with van der Waals surface area (Å²) in [5.74, 6) is -1.79. The highest BCUT2D eigenvalue weighted by atomic mass is 19.1. The number of carbonyl (C=O) groups is 2. The van der Waals surface area contributed by atoms with Crippen molar-refractivity contribution in [3.8, 4) is 5.69 Å². The van der Waals surface area contributed by atoms with Crippen LogP contribution >= 0.6 is 0 Å². The monoisotopic (exact) mass is 640 g/mol. The Bertz CT molecular complexity index is 1670. The molecule has 46 heavy (non-hydrogen) atoms. The number of carbonyl (C=O) groups excluding carboxylic acids is 2. The molecule has 0 radical (unpaired) electrons. The van der Waals surface area contributed by atoms with Crippen LogP contribution in [0.2, 0.25) is 0 Å². The van der Waals surface area contributed by atoms with Crippen molar-refractivity contribution in [1.29, 1.82) is 0 Å². The summed E-state index contributed by atoms with van der Waals surface area (Å²) in [5, 5.41) is 27.5. The molecular formula is C29H32F2N9O6+. The molecule has 1 N–H and O–H groups in total. The Morgan fingerprint density at radius 2 is 1.98 bits per heavy atom. The summed E-state index contributed by atoms with van der Waals surface area (Å²) in [7, 11) is 0. The van der Waals surface area contributed by atoms with Crippen LogP contribution in [-0.4, -0.2) is 90.6 Å².